The van der Waals surface area contributed by atoms with E-state index in [1.165, 1.54) is 4.88 Å². The molecular weight excluding hydrogens is 234 g/mol. The minimum Gasteiger partial charge on any atom is -0.460 e. The van der Waals surface area contributed by atoms with Crippen molar-refractivity contribution in [3.63, 3.8) is 0 Å². The van der Waals surface area contributed by atoms with Crippen LogP contribution < -0.4 is 5.73 Å². The zero-order valence-corrected chi connectivity index (χ0v) is 9.76. The molecule has 3 aromatic rings. The maximum Gasteiger partial charge on any atom is 0.124 e. The Morgan fingerprint density at radius 3 is 3.18 bits per heavy atom. The van der Waals surface area contributed by atoms with Crippen molar-refractivity contribution in [1.29, 1.82) is 0 Å². The summed E-state index contributed by atoms with van der Waals surface area (Å²) in [6.07, 6.45) is 1.67. The molecule has 6 heteroatoms. The van der Waals surface area contributed by atoms with Gasteiger partial charge in [-0.3, -0.25) is 0 Å². The smallest absolute Gasteiger partial charge is 0.124 e. The maximum absolute atomic E-state index is 5.85. The van der Waals surface area contributed by atoms with Crippen molar-refractivity contribution < 1.29 is 0 Å². The van der Waals surface area contributed by atoms with Gasteiger partial charge in [0.25, 0.3) is 0 Å². The van der Waals surface area contributed by atoms with Gasteiger partial charge in [-0.05, 0) is 30.1 Å². The number of thiophene rings is 1. The largest absolute Gasteiger partial charge is 0.460 e. The van der Waals surface area contributed by atoms with E-state index in [0.29, 0.717) is 18.2 Å². The molecule has 0 aliphatic rings. The minimum absolute atomic E-state index is 0.546. The van der Waals surface area contributed by atoms with Crippen molar-refractivity contribution in [1.82, 2.24) is 14.6 Å². The van der Waals surface area contributed by atoms with E-state index < -0.39 is 0 Å². The van der Waals surface area contributed by atoms with E-state index >= 15 is 0 Å². The predicted octanol–water partition coefficient (Wildman–Crippen LogP) is 2.58. The fourth-order valence-electron chi connectivity index (χ4n) is 1.57. The minimum atomic E-state index is 0.546. The van der Waals surface area contributed by atoms with E-state index in [4.69, 9.17) is 5.73 Å². The van der Waals surface area contributed by atoms with Gasteiger partial charge in [-0.2, -0.15) is 5.10 Å². The van der Waals surface area contributed by atoms with E-state index in [1.807, 2.05) is 11.4 Å². The Morgan fingerprint density at radius 2 is 2.35 bits per heavy atom. The molecule has 0 saturated carbocycles. The second-order valence-corrected chi connectivity index (χ2v) is 4.57. The van der Waals surface area contributed by atoms with Gasteiger partial charge in [-0.1, -0.05) is 11.9 Å². The Kier molecular flexibility index (Phi) is 2.41. The summed E-state index contributed by atoms with van der Waals surface area (Å²) in [5.41, 5.74) is 6.57. The molecule has 2 N–H and O–H groups in total. The van der Waals surface area contributed by atoms with Gasteiger partial charge in [-0.25, -0.2) is 4.52 Å². The highest BCUT2D eigenvalue weighted by Gasteiger charge is 1.96. The molecule has 0 aliphatic carbocycles. The number of anilines is 1. The molecule has 0 spiro atoms. The molecule has 0 aromatic carbocycles. The Hall–Kier alpha value is -2.08. The van der Waals surface area contributed by atoms with Crippen LogP contribution in [-0.2, 0) is 6.54 Å². The molecule has 0 bridgehead atoms. The van der Waals surface area contributed by atoms with Gasteiger partial charge >= 0.3 is 0 Å². The lowest BCUT2D eigenvalue weighted by Gasteiger charge is -2.15. The van der Waals surface area contributed by atoms with Crippen LogP contribution >= 0.6 is 11.3 Å². The summed E-state index contributed by atoms with van der Waals surface area (Å²) >= 11 is 1.68. The van der Waals surface area contributed by atoms with Crippen LogP contribution in [0.4, 0.5) is 11.6 Å². The third-order valence-corrected chi connectivity index (χ3v) is 3.21. The molecule has 0 saturated heterocycles. The number of fused-ring (bicyclic) bond motifs is 1. The maximum atomic E-state index is 5.85. The molecule has 0 aliphatic heterocycles. The normalized spacial score (nSPS) is 10.8. The lowest BCUT2D eigenvalue weighted by atomic mass is 10.4. The van der Waals surface area contributed by atoms with E-state index in [2.05, 4.69) is 21.5 Å². The molecule has 0 radical (unpaired) electrons. The fourth-order valence-corrected chi connectivity index (χ4v) is 2.19. The number of rotatable bonds is 3. The van der Waals surface area contributed by atoms with Crippen molar-refractivity contribution in [3.05, 3.63) is 46.0 Å². The van der Waals surface area contributed by atoms with Gasteiger partial charge in [-0.15, -0.1) is 11.3 Å². The summed E-state index contributed by atoms with van der Waals surface area (Å²) < 4.78 is 1.59. The zero-order chi connectivity index (χ0) is 11.7. The highest BCUT2D eigenvalue weighted by atomic mass is 32.1. The summed E-state index contributed by atoms with van der Waals surface area (Å²) in [4.78, 5) is 5.56. The van der Waals surface area contributed by atoms with Gasteiger partial charge in [0.15, 0.2) is 0 Å². The lowest BCUT2D eigenvalue weighted by Crippen LogP contribution is -1.99. The van der Waals surface area contributed by atoms with E-state index in [-0.39, 0.29) is 0 Å². The molecule has 3 aromatic heterocycles. The summed E-state index contributed by atoms with van der Waals surface area (Å²) in [6.45, 7) is 0.633. The van der Waals surface area contributed by atoms with Crippen LogP contribution in [0.5, 0.6) is 0 Å². The van der Waals surface area contributed by atoms with Crippen LogP contribution in [0.15, 0.2) is 35.8 Å². The van der Waals surface area contributed by atoms with Crippen LogP contribution in [0.1, 0.15) is 4.88 Å². The first-order valence-corrected chi connectivity index (χ1v) is 6.01. The number of nitrogens with two attached hydrogens (primary N) is 1. The number of nitrogen functional groups attached to an aromatic ring is 1. The molecule has 86 valence electrons. The average molecular weight is 244 g/mol. The molecule has 0 atom stereocenters. The molecular formula is C11H10N5S-. The second kappa shape index (κ2) is 4.06. The topological polar surface area (TPSA) is 70.3 Å². The van der Waals surface area contributed by atoms with Crippen molar-refractivity contribution in [2.45, 2.75) is 6.54 Å². The molecule has 0 fully saturated rings. The van der Waals surface area contributed by atoms with Gasteiger partial charge < -0.3 is 16.0 Å². The van der Waals surface area contributed by atoms with Crippen molar-refractivity contribution >= 4 is 28.6 Å². The van der Waals surface area contributed by atoms with Crippen LogP contribution in [0.2, 0.25) is 0 Å². The number of hydrogen-bond acceptors (Lipinski definition) is 4. The number of nitrogens with zero attached hydrogens (tertiary/aromatic N) is 4. The van der Waals surface area contributed by atoms with Crippen molar-refractivity contribution in [2.75, 3.05) is 5.73 Å². The van der Waals surface area contributed by atoms with Crippen LogP contribution in [0, 0.1) is 0 Å². The molecule has 5 nitrogen and oxygen atoms in total. The number of hydrogen-bond donors (Lipinski definition) is 1. The Balaban J connectivity index is 1.85. The number of aromatic nitrogens is 3. The van der Waals surface area contributed by atoms with Gasteiger partial charge in [0.1, 0.15) is 5.82 Å². The fraction of sp³-hybridized carbons (Fsp3) is 0.0909. The summed E-state index contributed by atoms with van der Waals surface area (Å²) in [5.74, 6) is 1.19. The van der Waals surface area contributed by atoms with E-state index in [0.717, 1.165) is 5.65 Å². The van der Waals surface area contributed by atoms with E-state index in [9.17, 15) is 0 Å². The molecule has 3 heterocycles. The third kappa shape index (κ3) is 1.94. The van der Waals surface area contributed by atoms with Crippen LogP contribution in [0.25, 0.3) is 11.0 Å². The molecule has 0 amide bonds. The van der Waals surface area contributed by atoms with Gasteiger partial charge in [0, 0.05) is 11.1 Å². The second-order valence-electron chi connectivity index (χ2n) is 3.54. The van der Waals surface area contributed by atoms with Crippen LogP contribution in [0.3, 0.4) is 0 Å². The molecule has 3 rings (SSSR count). The van der Waals surface area contributed by atoms with Gasteiger partial charge in [0.05, 0.1) is 5.65 Å². The Morgan fingerprint density at radius 1 is 1.41 bits per heavy atom. The predicted molar refractivity (Wildman–Crippen MR) is 68.4 cm³/mol. The first-order chi connectivity index (χ1) is 8.33. The SMILES string of the molecule is Nc1cc([N-]Cc2cccs2)nc2ccnn12. The summed E-state index contributed by atoms with van der Waals surface area (Å²) in [5, 5.41) is 10.5. The van der Waals surface area contributed by atoms with E-state index in [1.54, 1.807) is 34.2 Å². The van der Waals surface area contributed by atoms with Crippen LogP contribution in [-0.4, -0.2) is 14.6 Å². The molecule has 0 unspecified atom stereocenters. The Bertz CT molecular complexity index is 628. The summed E-state index contributed by atoms with van der Waals surface area (Å²) in [7, 11) is 0. The highest BCUT2D eigenvalue weighted by molar-refractivity contribution is 7.09. The Labute approximate surface area is 102 Å². The highest BCUT2D eigenvalue weighted by Crippen LogP contribution is 2.23. The first-order valence-electron chi connectivity index (χ1n) is 5.13. The average Bonchev–Trinajstić information content (AvgIpc) is 2.97. The quantitative estimate of drug-likeness (QED) is 0.769. The monoisotopic (exact) mass is 244 g/mol. The first kappa shape index (κ1) is 10.1. The molecule has 17 heavy (non-hydrogen) atoms. The summed E-state index contributed by atoms with van der Waals surface area (Å²) in [6, 6.07) is 7.60. The lowest BCUT2D eigenvalue weighted by molar-refractivity contribution is 0.953. The zero-order valence-electron chi connectivity index (χ0n) is 8.95. The third-order valence-electron chi connectivity index (χ3n) is 2.35. The standard InChI is InChI=1S/C11H10N5S/c12-9-6-10(13-7-8-2-1-5-17-8)15-11-3-4-14-16(9)11/h1-6H,7,12H2/q-1. The van der Waals surface area contributed by atoms with Crippen molar-refractivity contribution in [2.24, 2.45) is 0 Å². The van der Waals surface area contributed by atoms with Crippen molar-refractivity contribution in [3.8, 4) is 0 Å². The van der Waals surface area contributed by atoms with Gasteiger partial charge in [0.2, 0.25) is 0 Å².